The third-order valence-electron chi connectivity index (χ3n) is 7.49. The molecule has 2 fully saturated rings. The number of alkyl halides is 1. The lowest BCUT2D eigenvalue weighted by Crippen LogP contribution is -3.13. The Morgan fingerprint density at radius 1 is 1.18 bits per heavy atom. The summed E-state index contributed by atoms with van der Waals surface area (Å²) in [5.41, 5.74) is 2.44. The molecule has 0 radical (unpaired) electrons. The lowest BCUT2D eigenvalue weighted by molar-refractivity contribution is -0.924. The number of hydrogen-bond donors (Lipinski definition) is 1. The largest absolute Gasteiger partial charge is 0.439 e. The summed E-state index contributed by atoms with van der Waals surface area (Å²) in [7, 11) is 0. The highest BCUT2D eigenvalue weighted by Crippen LogP contribution is 2.40. The van der Waals surface area contributed by atoms with Crippen molar-refractivity contribution in [3.8, 4) is 0 Å². The van der Waals surface area contributed by atoms with Gasteiger partial charge in [0, 0.05) is 6.42 Å². The number of oxazole rings is 1. The summed E-state index contributed by atoms with van der Waals surface area (Å²) in [4.78, 5) is 6.36. The van der Waals surface area contributed by atoms with Crippen molar-refractivity contribution in [3.63, 3.8) is 0 Å². The molecule has 1 aliphatic carbocycles. The van der Waals surface area contributed by atoms with Crippen molar-refractivity contribution in [1.29, 1.82) is 0 Å². The zero-order chi connectivity index (χ0) is 24.3. The Hall–Kier alpha value is -1.43. The molecule has 34 heavy (non-hydrogen) atoms. The quantitative estimate of drug-likeness (QED) is 0.310. The molecule has 2 aliphatic rings. The summed E-state index contributed by atoms with van der Waals surface area (Å²) in [6.45, 7) is 12.1. The van der Waals surface area contributed by atoms with Crippen LogP contribution in [0.25, 0.3) is 0 Å². The van der Waals surface area contributed by atoms with Crippen LogP contribution in [-0.4, -0.2) is 36.6 Å². The van der Waals surface area contributed by atoms with Gasteiger partial charge in [0.05, 0.1) is 25.3 Å². The second-order valence-electron chi connectivity index (χ2n) is 10.1. The van der Waals surface area contributed by atoms with Gasteiger partial charge in [0.15, 0.2) is 5.76 Å². The summed E-state index contributed by atoms with van der Waals surface area (Å²) in [6.07, 6.45) is 11.2. The van der Waals surface area contributed by atoms with Crippen LogP contribution in [0.1, 0.15) is 81.9 Å². The molecule has 188 valence electrons. The number of nitrogens with zero attached hydrogens (tertiary/aromatic N) is 1. The van der Waals surface area contributed by atoms with Crippen LogP contribution >= 0.6 is 15.9 Å². The lowest BCUT2D eigenvalue weighted by Gasteiger charge is -2.35. The number of piperidine rings is 1. The van der Waals surface area contributed by atoms with Crippen molar-refractivity contribution >= 4 is 15.9 Å². The van der Waals surface area contributed by atoms with Crippen molar-refractivity contribution in [3.05, 3.63) is 65.9 Å². The van der Waals surface area contributed by atoms with Crippen molar-refractivity contribution in [2.75, 3.05) is 25.5 Å². The average Bonchev–Trinajstić information content (AvgIpc) is 3.33. The first-order valence-corrected chi connectivity index (χ1v) is 14.7. The van der Waals surface area contributed by atoms with Gasteiger partial charge in [-0.05, 0) is 43.0 Å². The Morgan fingerprint density at radius 2 is 1.91 bits per heavy atom. The second-order valence-corrected chi connectivity index (χ2v) is 10.1. The van der Waals surface area contributed by atoms with Gasteiger partial charge in [0.25, 0.3) is 0 Å². The molecule has 4 rings (SSSR count). The fraction of sp³-hybridized carbons (Fsp3) is 0.621. The average molecular weight is 533 g/mol. The van der Waals surface area contributed by atoms with Gasteiger partial charge in [-0.25, -0.2) is 4.98 Å². The summed E-state index contributed by atoms with van der Waals surface area (Å²) in [5.74, 6) is 5.30. The molecule has 1 saturated heterocycles. The maximum atomic E-state index is 6.46. The maximum absolute atomic E-state index is 6.46. The number of ether oxygens (including phenoxy) is 1. The number of rotatable bonds is 9. The number of hydrogen-bond acceptors (Lipinski definition) is 3. The third kappa shape index (κ3) is 7.53. The SMILES string of the molecule is C=C(C)COC1C[NH+](Cc2cnc(C(c3ccccc3)C3CCCCC3)o2)CCC1CC.CBr. The van der Waals surface area contributed by atoms with Crippen LogP contribution in [0.15, 0.2) is 53.1 Å². The van der Waals surface area contributed by atoms with Gasteiger partial charge >= 0.3 is 0 Å². The van der Waals surface area contributed by atoms with Crippen molar-refractivity contribution in [2.45, 2.75) is 77.4 Å². The zero-order valence-electron chi connectivity index (χ0n) is 21.4. The Labute approximate surface area is 215 Å². The maximum Gasteiger partial charge on any atom is 0.202 e. The molecule has 2 aromatic rings. The van der Waals surface area contributed by atoms with E-state index >= 15 is 0 Å². The predicted molar refractivity (Wildman–Crippen MR) is 144 cm³/mol. The van der Waals surface area contributed by atoms with Gasteiger partial charge in [0.2, 0.25) is 5.89 Å². The molecule has 1 aromatic heterocycles. The van der Waals surface area contributed by atoms with Crippen LogP contribution in [0.4, 0.5) is 0 Å². The minimum Gasteiger partial charge on any atom is -0.439 e. The van der Waals surface area contributed by atoms with E-state index in [0.717, 1.165) is 30.3 Å². The zero-order valence-corrected chi connectivity index (χ0v) is 23.0. The van der Waals surface area contributed by atoms with Gasteiger partial charge in [-0.15, -0.1) is 0 Å². The first-order valence-electron chi connectivity index (χ1n) is 13.1. The summed E-state index contributed by atoms with van der Waals surface area (Å²) < 4.78 is 12.7. The highest BCUT2D eigenvalue weighted by molar-refractivity contribution is 9.08. The monoisotopic (exact) mass is 531 g/mol. The highest BCUT2D eigenvalue weighted by atomic mass is 79.9. The Morgan fingerprint density at radius 3 is 2.59 bits per heavy atom. The molecule has 0 spiro atoms. The molecule has 0 bridgehead atoms. The first-order chi connectivity index (χ1) is 16.6. The van der Waals surface area contributed by atoms with E-state index in [0.29, 0.717) is 24.5 Å². The Kier molecular flexibility index (Phi) is 11.4. The first kappa shape index (κ1) is 27.2. The van der Waals surface area contributed by atoms with Crippen molar-refractivity contribution in [1.82, 2.24) is 4.98 Å². The van der Waals surface area contributed by atoms with E-state index in [-0.39, 0.29) is 5.92 Å². The molecule has 4 atom stereocenters. The van der Waals surface area contributed by atoms with Crippen LogP contribution < -0.4 is 4.90 Å². The van der Waals surface area contributed by atoms with Gasteiger partial charge < -0.3 is 14.1 Å². The standard InChI is InChI=1S/C28H40N2O2.CH3Br/c1-4-22-15-16-30(19-26(22)31-20-21(2)3)18-25-17-29-28(32-25)27(23-11-7-5-8-12-23)24-13-9-6-10-14-24;1-2/h5,7-8,11-12,17,22,24,26-27H,2,4,6,9-10,13-16,18-20H2,1,3H3;1H3/p+1. The van der Waals surface area contributed by atoms with E-state index in [9.17, 15) is 0 Å². The number of quaternary nitrogens is 1. The fourth-order valence-corrected chi connectivity index (χ4v) is 5.74. The topological polar surface area (TPSA) is 39.7 Å². The molecule has 1 aromatic carbocycles. The van der Waals surface area contributed by atoms with Crippen LogP contribution in [0.2, 0.25) is 0 Å². The van der Waals surface area contributed by atoms with E-state index in [1.54, 1.807) is 0 Å². The molecular weight excluding hydrogens is 488 g/mol. The molecule has 4 nitrogen and oxygen atoms in total. The second kappa shape index (κ2) is 14.2. The smallest absolute Gasteiger partial charge is 0.202 e. The molecule has 4 unspecified atom stereocenters. The number of halogens is 1. The van der Waals surface area contributed by atoms with Crippen LogP contribution in [0.5, 0.6) is 0 Å². The minimum absolute atomic E-state index is 0.276. The number of likely N-dealkylation sites (tertiary alicyclic amines) is 1. The van der Waals surface area contributed by atoms with Gasteiger partial charge in [0.1, 0.15) is 19.2 Å². The number of aromatic nitrogens is 1. The van der Waals surface area contributed by atoms with E-state index in [1.807, 2.05) is 19.0 Å². The molecule has 0 amide bonds. The van der Waals surface area contributed by atoms with E-state index < -0.39 is 0 Å². The van der Waals surface area contributed by atoms with Crippen molar-refractivity contribution < 1.29 is 14.1 Å². The highest BCUT2D eigenvalue weighted by Gasteiger charge is 2.33. The van der Waals surface area contributed by atoms with Gasteiger partial charge in [-0.2, -0.15) is 0 Å². The van der Waals surface area contributed by atoms with E-state index in [1.165, 1.54) is 62.0 Å². The summed E-state index contributed by atoms with van der Waals surface area (Å²) >= 11 is 2.94. The molecule has 1 aliphatic heterocycles. The summed E-state index contributed by atoms with van der Waals surface area (Å²) in [6, 6.07) is 10.9. The predicted octanol–water partition coefficient (Wildman–Crippen LogP) is 6.17. The number of nitrogens with one attached hydrogen (secondary N) is 1. The van der Waals surface area contributed by atoms with Gasteiger partial charge in [-0.1, -0.05) is 91.0 Å². The molecule has 1 N–H and O–H groups in total. The third-order valence-corrected chi connectivity index (χ3v) is 7.49. The summed E-state index contributed by atoms with van der Waals surface area (Å²) in [5, 5.41) is 0. The van der Waals surface area contributed by atoms with Crippen LogP contribution in [-0.2, 0) is 11.3 Å². The Bertz CT molecular complexity index is 847. The molecule has 5 heteroatoms. The molecular formula is C29H44BrN2O2+. The lowest BCUT2D eigenvalue weighted by atomic mass is 9.77. The molecule has 1 saturated carbocycles. The minimum atomic E-state index is 0.276. The Balaban J connectivity index is 0.00000158. The molecule has 2 heterocycles. The van der Waals surface area contributed by atoms with Crippen LogP contribution in [0, 0.1) is 11.8 Å². The number of benzene rings is 1. The fourth-order valence-electron chi connectivity index (χ4n) is 5.74. The van der Waals surface area contributed by atoms with E-state index in [4.69, 9.17) is 14.1 Å². The van der Waals surface area contributed by atoms with E-state index in [2.05, 4.69) is 59.8 Å². The normalized spacial score (nSPS) is 24.2. The van der Waals surface area contributed by atoms with Crippen molar-refractivity contribution in [2.24, 2.45) is 11.8 Å². The van der Waals surface area contributed by atoms with Crippen LogP contribution in [0.3, 0.4) is 0 Å². The van der Waals surface area contributed by atoms with Gasteiger partial charge in [-0.3, -0.25) is 0 Å².